The molecule has 2 aromatic carbocycles. The van der Waals surface area contributed by atoms with Gasteiger partial charge in [-0.1, -0.05) is 18.2 Å². The predicted octanol–water partition coefficient (Wildman–Crippen LogP) is 3.57. The molecule has 88 valence electrons. The molecule has 0 atom stereocenters. The summed E-state index contributed by atoms with van der Waals surface area (Å²) in [7, 11) is 0. The number of halogens is 1. The van der Waals surface area contributed by atoms with Crippen molar-refractivity contribution < 1.29 is 9.18 Å². The molecule has 2 nitrogen and oxygen atoms in total. The topological polar surface area (TPSA) is 40.9 Å². The van der Waals surface area contributed by atoms with E-state index in [1.54, 1.807) is 24.3 Å². The summed E-state index contributed by atoms with van der Waals surface area (Å²) in [6.45, 7) is 1.42. The average Bonchev–Trinajstić information content (AvgIpc) is 2.39. The highest BCUT2D eigenvalue weighted by Gasteiger charge is 2.11. The lowest BCUT2D eigenvalue weighted by Gasteiger charge is -2.07. The number of benzene rings is 2. The highest BCUT2D eigenvalue weighted by Crippen LogP contribution is 2.27. The van der Waals surface area contributed by atoms with Gasteiger partial charge in [-0.15, -0.1) is 0 Å². The quantitative estimate of drug-likeness (QED) is 0.752. The summed E-state index contributed by atoms with van der Waals surface area (Å²) >= 11 is 0. The molecule has 0 amide bonds. The third kappa shape index (κ3) is 2.14. The molecule has 0 fully saturated rings. The highest BCUT2D eigenvalue weighted by molar-refractivity contribution is 5.95. The van der Waals surface area contributed by atoms with Crippen LogP contribution in [0.15, 0.2) is 42.5 Å². The summed E-state index contributed by atoms with van der Waals surface area (Å²) in [4.78, 5) is 11.3. The Labute approximate surface area is 104 Å². The van der Waals surface area contributed by atoms with E-state index in [1.165, 1.54) is 25.1 Å². The van der Waals surface area contributed by atoms with Crippen molar-refractivity contribution in [3.63, 3.8) is 0 Å². The zero-order chi connectivity index (χ0) is 13.1. The van der Waals surface area contributed by atoms with E-state index >= 15 is 0 Å². The molecule has 0 spiro atoms. The second-order valence-corrected chi connectivity index (χ2v) is 3.91. The lowest BCUT2D eigenvalue weighted by molar-refractivity contribution is 0.101. The van der Waals surface area contributed by atoms with Gasteiger partial charge in [0.15, 0.2) is 5.78 Å². The van der Waals surface area contributed by atoms with Gasteiger partial charge in [0.1, 0.15) is 5.82 Å². The first-order chi connectivity index (χ1) is 8.63. The Hall–Kier alpha value is -2.47. The average molecular weight is 239 g/mol. The van der Waals surface area contributed by atoms with Crippen molar-refractivity contribution in [2.45, 2.75) is 6.92 Å². The van der Waals surface area contributed by atoms with E-state index in [9.17, 15) is 9.18 Å². The van der Waals surface area contributed by atoms with E-state index < -0.39 is 5.82 Å². The van der Waals surface area contributed by atoms with E-state index in [0.717, 1.165) is 0 Å². The summed E-state index contributed by atoms with van der Waals surface area (Å²) in [5.74, 6) is -0.576. The first-order valence-electron chi connectivity index (χ1n) is 5.43. The van der Waals surface area contributed by atoms with Crippen molar-refractivity contribution in [3.8, 4) is 17.2 Å². The van der Waals surface area contributed by atoms with Gasteiger partial charge in [0, 0.05) is 16.7 Å². The molecule has 0 unspecified atom stereocenters. The zero-order valence-corrected chi connectivity index (χ0v) is 9.77. The molecular formula is C15H10FNO. The minimum Gasteiger partial charge on any atom is -0.295 e. The van der Waals surface area contributed by atoms with Crippen LogP contribution < -0.4 is 0 Å². The largest absolute Gasteiger partial charge is 0.295 e. The summed E-state index contributed by atoms with van der Waals surface area (Å²) in [5.41, 5.74) is 1.59. The summed E-state index contributed by atoms with van der Waals surface area (Å²) in [6.07, 6.45) is 0. The van der Waals surface area contributed by atoms with Crippen LogP contribution in [0.4, 0.5) is 4.39 Å². The van der Waals surface area contributed by atoms with E-state index in [0.29, 0.717) is 16.7 Å². The van der Waals surface area contributed by atoms with E-state index in [1.807, 2.05) is 6.07 Å². The van der Waals surface area contributed by atoms with Gasteiger partial charge in [-0.3, -0.25) is 4.79 Å². The molecule has 0 aliphatic heterocycles. The van der Waals surface area contributed by atoms with Gasteiger partial charge in [0.05, 0.1) is 11.6 Å². The van der Waals surface area contributed by atoms with Crippen LogP contribution in [0.1, 0.15) is 22.8 Å². The number of nitriles is 1. The molecule has 0 N–H and O–H groups in total. The Kier molecular flexibility index (Phi) is 3.20. The number of Topliss-reactive ketones (excluding diaryl/α,β-unsaturated/α-hetero) is 1. The zero-order valence-electron chi connectivity index (χ0n) is 9.77. The fraction of sp³-hybridized carbons (Fsp3) is 0.0667. The van der Waals surface area contributed by atoms with Gasteiger partial charge in [0.25, 0.3) is 0 Å². The molecule has 0 radical (unpaired) electrons. The second kappa shape index (κ2) is 4.80. The van der Waals surface area contributed by atoms with Crippen LogP contribution in [0.25, 0.3) is 11.1 Å². The highest BCUT2D eigenvalue weighted by atomic mass is 19.1. The van der Waals surface area contributed by atoms with Crippen molar-refractivity contribution >= 4 is 5.78 Å². The normalized spacial score (nSPS) is 9.83. The van der Waals surface area contributed by atoms with Crippen molar-refractivity contribution in [2.75, 3.05) is 0 Å². The van der Waals surface area contributed by atoms with Crippen LogP contribution in [-0.2, 0) is 0 Å². The standard InChI is InChI=1S/C15H10FNO/c1-10(18)11-6-7-15(16)14(8-11)13-5-3-2-4-12(13)9-17/h2-8H,1H3. The van der Waals surface area contributed by atoms with E-state index in [4.69, 9.17) is 5.26 Å². The molecule has 18 heavy (non-hydrogen) atoms. The molecule has 2 aromatic rings. The number of rotatable bonds is 2. The summed E-state index contributed by atoms with van der Waals surface area (Å²) in [5, 5.41) is 9.01. The smallest absolute Gasteiger partial charge is 0.159 e. The maximum absolute atomic E-state index is 13.8. The Balaban J connectivity index is 2.67. The monoisotopic (exact) mass is 239 g/mol. The molecule has 0 saturated carbocycles. The molecule has 2 rings (SSSR count). The van der Waals surface area contributed by atoms with Gasteiger partial charge in [-0.25, -0.2) is 4.39 Å². The van der Waals surface area contributed by atoms with Gasteiger partial charge >= 0.3 is 0 Å². The SMILES string of the molecule is CC(=O)c1ccc(F)c(-c2ccccc2C#N)c1. The molecular weight excluding hydrogens is 229 g/mol. The number of carbonyl (C=O) groups is 1. The molecule has 0 aliphatic rings. The maximum atomic E-state index is 13.8. The Bertz CT molecular complexity index is 656. The minimum absolute atomic E-state index is 0.134. The van der Waals surface area contributed by atoms with Gasteiger partial charge in [0.2, 0.25) is 0 Å². The van der Waals surface area contributed by atoms with Crippen molar-refractivity contribution in [2.24, 2.45) is 0 Å². The van der Waals surface area contributed by atoms with Crippen molar-refractivity contribution in [1.29, 1.82) is 5.26 Å². The lowest BCUT2D eigenvalue weighted by Crippen LogP contribution is -1.95. The Morgan fingerprint density at radius 3 is 2.56 bits per heavy atom. The molecule has 0 heterocycles. The number of carbonyl (C=O) groups excluding carboxylic acids is 1. The Morgan fingerprint density at radius 2 is 1.89 bits per heavy atom. The number of nitrogens with zero attached hydrogens (tertiary/aromatic N) is 1. The van der Waals surface area contributed by atoms with Crippen LogP contribution in [0.5, 0.6) is 0 Å². The number of hydrogen-bond acceptors (Lipinski definition) is 2. The van der Waals surface area contributed by atoms with Crippen LogP contribution in [-0.4, -0.2) is 5.78 Å². The molecule has 3 heteroatoms. The first kappa shape index (κ1) is 12.0. The number of ketones is 1. The minimum atomic E-state index is -0.442. The van der Waals surface area contributed by atoms with Gasteiger partial charge in [-0.05, 0) is 31.2 Å². The molecule has 0 aliphatic carbocycles. The summed E-state index contributed by atoms with van der Waals surface area (Å²) < 4.78 is 13.8. The summed E-state index contributed by atoms with van der Waals surface area (Å²) in [6, 6.07) is 12.9. The lowest BCUT2D eigenvalue weighted by atomic mass is 9.97. The number of hydrogen-bond donors (Lipinski definition) is 0. The second-order valence-electron chi connectivity index (χ2n) is 3.91. The van der Waals surface area contributed by atoms with Crippen molar-refractivity contribution in [3.05, 3.63) is 59.4 Å². The predicted molar refractivity (Wildman–Crippen MR) is 66.6 cm³/mol. The molecule has 0 bridgehead atoms. The van der Waals surface area contributed by atoms with Crippen LogP contribution in [0.2, 0.25) is 0 Å². The molecule has 0 aromatic heterocycles. The fourth-order valence-electron chi connectivity index (χ4n) is 1.77. The van der Waals surface area contributed by atoms with Gasteiger partial charge < -0.3 is 0 Å². The molecule has 0 saturated heterocycles. The van der Waals surface area contributed by atoms with Crippen LogP contribution in [0.3, 0.4) is 0 Å². The third-order valence-electron chi connectivity index (χ3n) is 2.71. The van der Waals surface area contributed by atoms with E-state index in [2.05, 4.69) is 0 Å². The fourth-order valence-corrected chi connectivity index (χ4v) is 1.77. The van der Waals surface area contributed by atoms with E-state index in [-0.39, 0.29) is 11.3 Å². The maximum Gasteiger partial charge on any atom is 0.159 e. The first-order valence-corrected chi connectivity index (χ1v) is 5.43. The van der Waals surface area contributed by atoms with Crippen LogP contribution in [0, 0.1) is 17.1 Å². The van der Waals surface area contributed by atoms with Gasteiger partial charge in [-0.2, -0.15) is 5.26 Å². The van der Waals surface area contributed by atoms with Crippen molar-refractivity contribution in [1.82, 2.24) is 0 Å². The van der Waals surface area contributed by atoms with Crippen LogP contribution >= 0.6 is 0 Å². The Morgan fingerprint density at radius 1 is 1.17 bits per heavy atom. The third-order valence-corrected chi connectivity index (χ3v) is 2.71.